The van der Waals surface area contributed by atoms with Crippen molar-refractivity contribution < 1.29 is 21.6 Å². The van der Waals surface area contributed by atoms with Gasteiger partial charge in [0, 0.05) is 31.3 Å². The topological polar surface area (TPSA) is 49.4 Å². The van der Waals surface area contributed by atoms with E-state index < -0.39 is 32.4 Å². The van der Waals surface area contributed by atoms with Gasteiger partial charge < -0.3 is 5.32 Å². The third-order valence-electron chi connectivity index (χ3n) is 3.42. The number of sulfonamides is 1. The van der Waals surface area contributed by atoms with Crippen molar-refractivity contribution in [3.8, 4) is 0 Å². The molecule has 1 unspecified atom stereocenters. The Morgan fingerprint density at radius 2 is 1.90 bits per heavy atom. The van der Waals surface area contributed by atoms with Crippen LogP contribution in [0.25, 0.3) is 0 Å². The van der Waals surface area contributed by atoms with E-state index in [0.717, 1.165) is 4.31 Å². The zero-order valence-electron chi connectivity index (χ0n) is 11.6. The van der Waals surface area contributed by atoms with Crippen LogP contribution in [0, 0.1) is 17.5 Å². The molecule has 1 heterocycles. The van der Waals surface area contributed by atoms with Crippen LogP contribution in [0.15, 0.2) is 17.0 Å². The van der Waals surface area contributed by atoms with Crippen molar-refractivity contribution in [3.05, 3.63) is 29.6 Å². The van der Waals surface area contributed by atoms with Crippen LogP contribution in [0.5, 0.6) is 0 Å². The van der Waals surface area contributed by atoms with E-state index in [-0.39, 0.29) is 12.6 Å². The predicted molar refractivity (Wildman–Crippen MR) is 71.8 cm³/mol. The molecule has 8 heteroatoms. The summed E-state index contributed by atoms with van der Waals surface area (Å²) in [4.78, 5) is -1.08. The summed E-state index contributed by atoms with van der Waals surface area (Å²) in [7, 11) is -4.35. The third kappa shape index (κ3) is 3.22. The Kier molecular flexibility index (Phi) is 4.90. The highest BCUT2D eigenvalue weighted by Crippen LogP contribution is 2.26. The SMILES string of the molecule is CCCN(C1CCNC1)S(=O)(=O)c1c(F)cc(F)cc1F. The standard InChI is InChI=1S/C13H17F3N2O2S/c1-2-5-18(10-3-4-17-8-10)21(19,20)13-11(15)6-9(14)7-12(13)16/h6-7,10,17H,2-5,8H2,1H3. The maximum absolute atomic E-state index is 13.8. The molecule has 1 fully saturated rings. The second-order valence-electron chi connectivity index (χ2n) is 4.96. The molecule has 0 aliphatic carbocycles. The van der Waals surface area contributed by atoms with Gasteiger partial charge in [0.1, 0.15) is 17.5 Å². The quantitative estimate of drug-likeness (QED) is 0.900. The maximum atomic E-state index is 13.8. The molecule has 0 spiro atoms. The fourth-order valence-corrected chi connectivity index (χ4v) is 4.34. The minimum absolute atomic E-state index is 0.158. The molecule has 1 aliphatic heterocycles. The van der Waals surface area contributed by atoms with E-state index in [1.54, 1.807) is 6.92 Å². The summed E-state index contributed by atoms with van der Waals surface area (Å²) in [5.41, 5.74) is 0. The van der Waals surface area contributed by atoms with Crippen molar-refractivity contribution in [2.24, 2.45) is 0 Å². The van der Waals surface area contributed by atoms with Gasteiger partial charge >= 0.3 is 0 Å². The van der Waals surface area contributed by atoms with Crippen LogP contribution in [0.3, 0.4) is 0 Å². The molecule has 0 amide bonds. The first-order valence-electron chi connectivity index (χ1n) is 6.75. The van der Waals surface area contributed by atoms with E-state index in [1.807, 2.05) is 0 Å². The lowest BCUT2D eigenvalue weighted by Gasteiger charge is -2.27. The van der Waals surface area contributed by atoms with Crippen LogP contribution in [-0.2, 0) is 10.0 Å². The molecule has 1 aromatic rings. The molecule has 0 saturated carbocycles. The van der Waals surface area contributed by atoms with Gasteiger partial charge in [0.05, 0.1) is 0 Å². The maximum Gasteiger partial charge on any atom is 0.249 e. The summed E-state index contributed by atoms with van der Waals surface area (Å²) in [6.45, 7) is 3.02. The van der Waals surface area contributed by atoms with Crippen molar-refractivity contribution in [3.63, 3.8) is 0 Å². The van der Waals surface area contributed by atoms with Crippen LogP contribution in [0.1, 0.15) is 19.8 Å². The first kappa shape index (κ1) is 16.3. The van der Waals surface area contributed by atoms with Crippen LogP contribution in [0.4, 0.5) is 13.2 Å². The molecule has 0 aromatic heterocycles. The largest absolute Gasteiger partial charge is 0.315 e. The molecule has 1 atom stereocenters. The third-order valence-corrected chi connectivity index (χ3v) is 5.42. The van der Waals surface area contributed by atoms with Crippen molar-refractivity contribution in [1.29, 1.82) is 0 Å². The van der Waals surface area contributed by atoms with Gasteiger partial charge in [-0.3, -0.25) is 0 Å². The Balaban J connectivity index is 2.48. The van der Waals surface area contributed by atoms with Crippen molar-refractivity contribution in [1.82, 2.24) is 9.62 Å². The molecule has 0 radical (unpaired) electrons. The molecule has 118 valence electrons. The molecule has 21 heavy (non-hydrogen) atoms. The van der Waals surface area contributed by atoms with Gasteiger partial charge in [-0.15, -0.1) is 0 Å². The highest BCUT2D eigenvalue weighted by molar-refractivity contribution is 7.89. The number of nitrogens with zero attached hydrogens (tertiary/aromatic N) is 1. The molecule has 1 aromatic carbocycles. The minimum Gasteiger partial charge on any atom is -0.315 e. The van der Waals surface area contributed by atoms with Gasteiger partial charge in [-0.25, -0.2) is 21.6 Å². The first-order valence-corrected chi connectivity index (χ1v) is 8.19. The number of hydrogen-bond acceptors (Lipinski definition) is 3. The minimum atomic E-state index is -4.35. The van der Waals surface area contributed by atoms with Gasteiger partial charge in [0.15, 0.2) is 4.90 Å². The predicted octanol–water partition coefficient (Wildman–Crippen LogP) is 1.87. The van der Waals surface area contributed by atoms with Gasteiger partial charge in [0.25, 0.3) is 0 Å². The van der Waals surface area contributed by atoms with Gasteiger partial charge in [0.2, 0.25) is 10.0 Å². The van der Waals surface area contributed by atoms with Crippen LogP contribution in [-0.4, -0.2) is 38.4 Å². The van der Waals surface area contributed by atoms with Gasteiger partial charge in [-0.1, -0.05) is 6.92 Å². The molecule has 0 bridgehead atoms. The Bertz CT molecular complexity index is 593. The summed E-state index contributed by atoms with van der Waals surface area (Å²) >= 11 is 0. The van der Waals surface area contributed by atoms with E-state index in [1.165, 1.54) is 0 Å². The average Bonchev–Trinajstić information content (AvgIpc) is 2.87. The fourth-order valence-electron chi connectivity index (χ4n) is 2.50. The highest BCUT2D eigenvalue weighted by atomic mass is 32.2. The fraction of sp³-hybridized carbons (Fsp3) is 0.538. The summed E-state index contributed by atoms with van der Waals surface area (Å²) < 4.78 is 66.8. The first-order chi connectivity index (χ1) is 9.87. The smallest absolute Gasteiger partial charge is 0.249 e. The number of benzene rings is 1. The molecule has 4 nitrogen and oxygen atoms in total. The number of nitrogens with one attached hydrogen (secondary N) is 1. The van der Waals surface area contributed by atoms with E-state index in [9.17, 15) is 21.6 Å². The molecule has 1 N–H and O–H groups in total. The van der Waals surface area contributed by atoms with Crippen LogP contribution in [0.2, 0.25) is 0 Å². The van der Waals surface area contributed by atoms with Crippen LogP contribution < -0.4 is 5.32 Å². The monoisotopic (exact) mass is 322 g/mol. The van der Waals surface area contributed by atoms with E-state index in [4.69, 9.17) is 0 Å². The number of halogens is 3. The lowest BCUT2D eigenvalue weighted by Crippen LogP contribution is -2.42. The molecule has 2 rings (SSSR count). The number of hydrogen-bond donors (Lipinski definition) is 1. The Morgan fingerprint density at radius 1 is 1.29 bits per heavy atom. The van der Waals surface area contributed by atoms with Gasteiger partial charge in [-0.05, 0) is 19.4 Å². The Labute approximate surface area is 122 Å². The van der Waals surface area contributed by atoms with E-state index in [2.05, 4.69) is 5.32 Å². The Hall–Kier alpha value is -1.12. The summed E-state index contributed by atoms with van der Waals surface area (Å²) in [5, 5.41) is 3.02. The molecule has 1 aliphatic rings. The normalized spacial score (nSPS) is 19.4. The lowest BCUT2D eigenvalue weighted by molar-refractivity contribution is 0.331. The summed E-state index contributed by atoms with van der Waals surface area (Å²) in [6, 6.07) is 0.416. The van der Waals surface area contributed by atoms with Crippen molar-refractivity contribution >= 4 is 10.0 Å². The average molecular weight is 322 g/mol. The molecule has 1 saturated heterocycles. The molecular weight excluding hydrogens is 305 g/mol. The number of rotatable bonds is 5. The van der Waals surface area contributed by atoms with E-state index >= 15 is 0 Å². The second kappa shape index (κ2) is 6.33. The second-order valence-corrected chi connectivity index (χ2v) is 6.79. The summed E-state index contributed by atoms with van der Waals surface area (Å²) in [5.74, 6) is -3.95. The lowest BCUT2D eigenvalue weighted by atomic mass is 10.2. The van der Waals surface area contributed by atoms with Crippen LogP contribution >= 0.6 is 0 Å². The van der Waals surface area contributed by atoms with E-state index in [0.29, 0.717) is 38.1 Å². The molecular formula is C13H17F3N2O2S. The zero-order chi connectivity index (χ0) is 15.6. The Morgan fingerprint density at radius 3 is 2.38 bits per heavy atom. The highest BCUT2D eigenvalue weighted by Gasteiger charge is 2.36. The van der Waals surface area contributed by atoms with Crippen molar-refractivity contribution in [2.75, 3.05) is 19.6 Å². The van der Waals surface area contributed by atoms with Crippen molar-refractivity contribution in [2.45, 2.75) is 30.7 Å². The van der Waals surface area contributed by atoms with Gasteiger partial charge in [-0.2, -0.15) is 4.31 Å². The zero-order valence-corrected chi connectivity index (χ0v) is 12.4. The summed E-state index contributed by atoms with van der Waals surface area (Å²) in [6.07, 6.45) is 1.09.